The first-order chi connectivity index (χ1) is 8.86. The molecule has 4 heteroatoms. The molecule has 1 heterocycles. The van der Waals surface area contributed by atoms with E-state index in [1.165, 1.54) is 36.3 Å². The largest absolute Gasteiger partial charge is 0.355 e. The van der Waals surface area contributed by atoms with Crippen LogP contribution in [-0.2, 0) is 12.8 Å². The Bertz CT molecular complexity index is 375. The van der Waals surface area contributed by atoms with Crippen molar-refractivity contribution >= 4 is 21.7 Å². The Morgan fingerprint density at radius 3 is 2.78 bits per heavy atom. The highest BCUT2D eigenvalue weighted by molar-refractivity contribution is 9.09. The van der Waals surface area contributed by atoms with E-state index in [0.717, 1.165) is 37.7 Å². The molecule has 0 saturated carbocycles. The third-order valence-electron chi connectivity index (χ3n) is 3.50. The van der Waals surface area contributed by atoms with Gasteiger partial charge in [-0.25, -0.2) is 9.97 Å². The molecule has 1 aromatic heterocycles. The number of hydrogen-bond acceptors (Lipinski definition) is 3. The monoisotopic (exact) mass is 311 g/mol. The Balaban J connectivity index is 2.30. The topological polar surface area (TPSA) is 29.0 Å². The predicted octanol–water partition coefficient (Wildman–Crippen LogP) is 3.36. The number of aryl methyl sites for hydroxylation is 1. The average molecular weight is 312 g/mol. The Morgan fingerprint density at radius 1 is 1.17 bits per heavy atom. The summed E-state index contributed by atoms with van der Waals surface area (Å²) in [5.41, 5.74) is 2.69. The van der Waals surface area contributed by atoms with Crippen molar-refractivity contribution in [3.63, 3.8) is 0 Å². The fraction of sp³-hybridized carbons (Fsp3) is 0.714. The van der Waals surface area contributed by atoms with Gasteiger partial charge in [0.1, 0.15) is 12.1 Å². The fourth-order valence-corrected chi connectivity index (χ4v) is 3.08. The van der Waals surface area contributed by atoms with Crippen LogP contribution >= 0.6 is 15.9 Å². The van der Waals surface area contributed by atoms with Gasteiger partial charge >= 0.3 is 0 Å². The van der Waals surface area contributed by atoms with Crippen molar-refractivity contribution in [1.29, 1.82) is 0 Å². The second-order valence-electron chi connectivity index (χ2n) is 4.86. The molecule has 0 aromatic carbocycles. The molecule has 0 unspecified atom stereocenters. The first-order valence-electron chi connectivity index (χ1n) is 7.00. The highest BCUT2D eigenvalue weighted by Crippen LogP contribution is 2.26. The van der Waals surface area contributed by atoms with Crippen LogP contribution < -0.4 is 4.90 Å². The van der Waals surface area contributed by atoms with Gasteiger partial charge in [0, 0.05) is 29.7 Å². The van der Waals surface area contributed by atoms with Gasteiger partial charge in [0.05, 0.1) is 0 Å². The third-order valence-corrected chi connectivity index (χ3v) is 3.85. The molecule has 0 saturated heterocycles. The maximum absolute atomic E-state index is 4.57. The molecule has 0 spiro atoms. The van der Waals surface area contributed by atoms with Crippen LogP contribution in [0.15, 0.2) is 6.33 Å². The van der Waals surface area contributed by atoms with E-state index in [9.17, 15) is 0 Å². The molecule has 0 aliphatic heterocycles. The first kappa shape index (κ1) is 13.8. The van der Waals surface area contributed by atoms with E-state index in [-0.39, 0.29) is 0 Å². The summed E-state index contributed by atoms with van der Waals surface area (Å²) >= 11 is 3.54. The van der Waals surface area contributed by atoms with Crippen molar-refractivity contribution in [2.24, 2.45) is 0 Å². The lowest BCUT2D eigenvalue weighted by molar-refractivity contribution is 0.707. The number of alkyl halides is 1. The van der Waals surface area contributed by atoms with Crippen LogP contribution in [0.5, 0.6) is 0 Å². The minimum absolute atomic E-state index is 0.992. The van der Waals surface area contributed by atoms with Crippen LogP contribution in [0.1, 0.15) is 43.9 Å². The molecule has 1 aliphatic rings. The number of hydrogen-bond donors (Lipinski definition) is 0. The molecular weight excluding hydrogens is 290 g/mol. The van der Waals surface area contributed by atoms with Gasteiger partial charge in [-0.05, 0) is 32.1 Å². The molecule has 0 fully saturated rings. The van der Waals surface area contributed by atoms with E-state index < -0.39 is 0 Å². The highest BCUT2D eigenvalue weighted by Gasteiger charge is 2.18. The predicted molar refractivity (Wildman–Crippen MR) is 79.6 cm³/mol. The van der Waals surface area contributed by atoms with E-state index >= 15 is 0 Å². The van der Waals surface area contributed by atoms with E-state index in [4.69, 9.17) is 0 Å². The lowest BCUT2D eigenvalue weighted by Gasteiger charge is -2.25. The van der Waals surface area contributed by atoms with Crippen LogP contribution in [0.3, 0.4) is 0 Å². The Morgan fingerprint density at radius 2 is 2.00 bits per heavy atom. The third kappa shape index (κ3) is 3.22. The van der Waals surface area contributed by atoms with Gasteiger partial charge in [0.15, 0.2) is 0 Å². The zero-order valence-electron chi connectivity index (χ0n) is 11.2. The lowest BCUT2D eigenvalue weighted by atomic mass is 10.1. The second kappa shape index (κ2) is 7.07. The number of fused-ring (bicyclic) bond motifs is 1. The Hall–Kier alpha value is -0.640. The first-order valence-corrected chi connectivity index (χ1v) is 8.12. The molecule has 0 bridgehead atoms. The molecule has 1 aliphatic carbocycles. The zero-order chi connectivity index (χ0) is 12.8. The summed E-state index contributed by atoms with van der Waals surface area (Å²) in [5.74, 6) is 1.18. The van der Waals surface area contributed by atoms with Gasteiger partial charge in [-0.3, -0.25) is 0 Å². The maximum atomic E-state index is 4.57. The summed E-state index contributed by atoms with van der Waals surface area (Å²) in [6, 6.07) is 0. The van der Waals surface area contributed by atoms with Gasteiger partial charge in [0.25, 0.3) is 0 Å². The van der Waals surface area contributed by atoms with Crippen LogP contribution in [0.4, 0.5) is 5.82 Å². The molecule has 0 radical (unpaired) electrons. The Kier molecular flexibility index (Phi) is 5.42. The van der Waals surface area contributed by atoms with Gasteiger partial charge < -0.3 is 4.90 Å². The summed E-state index contributed by atoms with van der Waals surface area (Å²) in [5, 5.41) is 0.992. The second-order valence-corrected chi connectivity index (χ2v) is 5.65. The summed E-state index contributed by atoms with van der Waals surface area (Å²) in [6.07, 6.45) is 9.05. The molecule has 3 nitrogen and oxygen atoms in total. The number of aromatic nitrogens is 2. The van der Waals surface area contributed by atoms with Crippen LogP contribution in [-0.4, -0.2) is 28.4 Å². The van der Waals surface area contributed by atoms with Crippen molar-refractivity contribution in [3.8, 4) is 0 Å². The molecule has 0 atom stereocenters. The molecule has 2 rings (SSSR count). The van der Waals surface area contributed by atoms with Crippen molar-refractivity contribution in [3.05, 3.63) is 17.6 Å². The summed E-state index contributed by atoms with van der Waals surface area (Å²) in [6.45, 7) is 4.33. The van der Waals surface area contributed by atoms with Crippen LogP contribution in [0.25, 0.3) is 0 Å². The number of nitrogens with zero attached hydrogens (tertiary/aromatic N) is 3. The zero-order valence-corrected chi connectivity index (χ0v) is 12.7. The Labute approximate surface area is 118 Å². The number of rotatable bonds is 5. The van der Waals surface area contributed by atoms with Gasteiger partial charge in [0.2, 0.25) is 0 Å². The summed E-state index contributed by atoms with van der Waals surface area (Å²) < 4.78 is 0. The maximum Gasteiger partial charge on any atom is 0.135 e. The smallest absolute Gasteiger partial charge is 0.135 e. The number of anilines is 1. The van der Waals surface area contributed by atoms with Gasteiger partial charge in [-0.2, -0.15) is 0 Å². The van der Waals surface area contributed by atoms with E-state index in [1.807, 2.05) is 0 Å². The van der Waals surface area contributed by atoms with Crippen molar-refractivity contribution in [2.45, 2.75) is 45.4 Å². The number of halogens is 1. The van der Waals surface area contributed by atoms with Gasteiger partial charge in [-0.1, -0.05) is 29.3 Å². The SMILES string of the molecule is CCCN(CCBr)c1ncnc2c1CCCCC2. The van der Waals surface area contributed by atoms with Crippen molar-refractivity contribution < 1.29 is 0 Å². The molecule has 0 N–H and O–H groups in total. The molecule has 100 valence electrons. The average Bonchev–Trinajstić information content (AvgIpc) is 2.63. The van der Waals surface area contributed by atoms with Crippen molar-refractivity contribution in [2.75, 3.05) is 23.3 Å². The van der Waals surface area contributed by atoms with Crippen LogP contribution in [0.2, 0.25) is 0 Å². The van der Waals surface area contributed by atoms with Gasteiger partial charge in [-0.15, -0.1) is 0 Å². The standard InChI is InChI=1S/C14H22BrN3/c1-2-9-18(10-8-15)14-12-6-4-3-5-7-13(12)16-11-17-14/h11H,2-10H2,1H3. The fourth-order valence-electron chi connectivity index (χ4n) is 2.65. The minimum atomic E-state index is 0.992. The highest BCUT2D eigenvalue weighted by atomic mass is 79.9. The summed E-state index contributed by atoms with van der Waals surface area (Å²) in [7, 11) is 0. The van der Waals surface area contributed by atoms with Crippen molar-refractivity contribution in [1.82, 2.24) is 9.97 Å². The van der Waals surface area contributed by atoms with E-state index in [2.05, 4.69) is 37.7 Å². The summed E-state index contributed by atoms with van der Waals surface area (Å²) in [4.78, 5) is 11.5. The lowest BCUT2D eigenvalue weighted by Crippen LogP contribution is -2.28. The molecule has 0 amide bonds. The minimum Gasteiger partial charge on any atom is -0.355 e. The van der Waals surface area contributed by atoms with Crippen LogP contribution in [0, 0.1) is 0 Å². The normalized spacial score (nSPS) is 15.0. The quantitative estimate of drug-likeness (QED) is 0.617. The molecular formula is C14H22BrN3. The molecule has 1 aromatic rings. The molecule has 18 heavy (non-hydrogen) atoms. The van der Waals surface area contributed by atoms with E-state index in [0.29, 0.717) is 0 Å². The van der Waals surface area contributed by atoms with E-state index in [1.54, 1.807) is 6.33 Å².